The van der Waals surface area contributed by atoms with Crippen molar-refractivity contribution in [3.05, 3.63) is 33.4 Å². The normalized spacial score (nSPS) is 10.4. The van der Waals surface area contributed by atoms with Gasteiger partial charge in [0.25, 0.3) is 0 Å². The van der Waals surface area contributed by atoms with Gasteiger partial charge in [0.05, 0.1) is 6.61 Å². The number of esters is 1. The first-order valence-electron chi connectivity index (χ1n) is 6.40. The first-order valence-corrected chi connectivity index (χ1v) is 6.40. The van der Waals surface area contributed by atoms with Gasteiger partial charge in [-0.1, -0.05) is 19.8 Å². The Labute approximate surface area is 107 Å². The summed E-state index contributed by atoms with van der Waals surface area (Å²) in [5, 5.41) is 0. The van der Waals surface area contributed by atoms with E-state index in [4.69, 9.17) is 9.15 Å². The van der Waals surface area contributed by atoms with E-state index in [1.165, 1.54) is 6.07 Å². The van der Waals surface area contributed by atoms with E-state index in [1.807, 2.05) is 0 Å². The van der Waals surface area contributed by atoms with Crippen LogP contribution in [0.15, 0.2) is 15.3 Å². The van der Waals surface area contributed by atoms with Crippen LogP contribution >= 0.6 is 0 Å². The van der Waals surface area contributed by atoms with Gasteiger partial charge in [0.2, 0.25) is 0 Å². The molecule has 4 nitrogen and oxygen atoms in total. The molecule has 0 saturated carbocycles. The lowest BCUT2D eigenvalue weighted by Gasteiger charge is -2.09. The van der Waals surface area contributed by atoms with E-state index in [-0.39, 0.29) is 0 Å². The van der Waals surface area contributed by atoms with Gasteiger partial charge in [0.15, 0.2) is 0 Å². The van der Waals surface area contributed by atoms with Crippen molar-refractivity contribution in [3.8, 4) is 0 Å². The Hall–Kier alpha value is -1.58. The lowest BCUT2D eigenvalue weighted by Crippen LogP contribution is -2.14. The molecule has 0 fully saturated rings. The Bertz CT molecular complexity index is 459. The Morgan fingerprint density at radius 2 is 2.06 bits per heavy atom. The van der Waals surface area contributed by atoms with Crippen LogP contribution in [0.1, 0.15) is 54.8 Å². The predicted octanol–water partition coefficient (Wildman–Crippen LogP) is 2.86. The van der Waals surface area contributed by atoms with Gasteiger partial charge in [-0.05, 0) is 32.3 Å². The molecule has 0 amide bonds. The smallest absolute Gasteiger partial charge is 0.341 e. The summed E-state index contributed by atoms with van der Waals surface area (Å²) in [4.78, 5) is 23.2. The number of carbonyl (C=O) groups excluding carboxylic acids is 1. The molecule has 1 heterocycles. The van der Waals surface area contributed by atoms with Gasteiger partial charge < -0.3 is 9.15 Å². The van der Waals surface area contributed by atoms with Crippen molar-refractivity contribution in [1.29, 1.82) is 0 Å². The third-order valence-corrected chi connectivity index (χ3v) is 2.75. The molecule has 0 N–H and O–H groups in total. The number of rotatable bonds is 6. The van der Waals surface area contributed by atoms with Crippen molar-refractivity contribution in [2.24, 2.45) is 0 Å². The monoisotopic (exact) mass is 252 g/mol. The SMILES string of the molecule is CCCCCc1cc(=O)oc(C)c1C(=O)OCC. The molecule has 1 aromatic heterocycles. The summed E-state index contributed by atoms with van der Waals surface area (Å²) in [7, 11) is 0. The third kappa shape index (κ3) is 3.72. The second kappa shape index (κ2) is 6.99. The summed E-state index contributed by atoms with van der Waals surface area (Å²) in [6, 6.07) is 1.40. The fourth-order valence-corrected chi connectivity index (χ4v) is 1.91. The summed E-state index contributed by atoms with van der Waals surface area (Å²) in [6.07, 6.45) is 3.82. The van der Waals surface area contributed by atoms with E-state index in [9.17, 15) is 9.59 Å². The zero-order valence-electron chi connectivity index (χ0n) is 11.2. The van der Waals surface area contributed by atoms with Gasteiger partial charge in [-0.2, -0.15) is 0 Å². The molecule has 0 spiro atoms. The average Bonchev–Trinajstić information content (AvgIpc) is 2.28. The standard InChI is InChI=1S/C14H20O4/c1-4-6-7-8-11-9-12(15)18-10(3)13(11)14(16)17-5-2/h9H,4-8H2,1-3H3. The van der Waals surface area contributed by atoms with Gasteiger partial charge in [-0.3, -0.25) is 0 Å². The van der Waals surface area contributed by atoms with Crippen molar-refractivity contribution < 1.29 is 13.9 Å². The Balaban J connectivity index is 3.04. The number of ether oxygens (including phenoxy) is 1. The zero-order chi connectivity index (χ0) is 13.5. The number of carbonyl (C=O) groups is 1. The fraction of sp³-hybridized carbons (Fsp3) is 0.571. The van der Waals surface area contributed by atoms with Crippen molar-refractivity contribution in [3.63, 3.8) is 0 Å². The Morgan fingerprint density at radius 1 is 1.33 bits per heavy atom. The zero-order valence-corrected chi connectivity index (χ0v) is 11.2. The molecule has 1 rings (SSSR count). The fourth-order valence-electron chi connectivity index (χ4n) is 1.91. The molecule has 1 aromatic rings. The van der Waals surface area contributed by atoms with Crippen LogP contribution in [-0.4, -0.2) is 12.6 Å². The highest BCUT2D eigenvalue weighted by Gasteiger charge is 2.18. The molecule has 0 atom stereocenters. The molecule has 0 aliphatic carbocycles. The quantitative estimate of drug-likeness (QED) is 0.577. The van der Waals surface area contributed by atoms with Crippen molar-refractivity contribution in [2.45, 2.75) is 46.5 Å². The summed E-state index contributed by atoms with van der Waals surface area (Å²) >= 11 is 0. The third-order valence-electron chi connectivity index (χ3n) is 2.75. The molecule has 18 heavy (non-hydrogen) atoms. The molecule has 0 aromatic carbocycles. The van der Waals surface area contributed by atoms with Crippen LogP contribution in [0.2, 0.25) is 0 Å². The summed E-state index contributed by atoms with van der Waals surface area (Å²) in [5.74, 6) is -0.0716. The topological polar surface area (TPSA) is 56.5 Å². The molecule has 0 bridgehead atoms. The lowest BCUT2D eigenvalue weighted by molar-refractivity contribution is 0.0520. The highest BCUT2D eigenvalue weighted by atomic mass is 16.5. The summed E-state index contributed by atoms with van der Waals surface area (Å²) < 4.78 is 9.96. The highest BCUT2D eigenvalue weighted by Crippen LogP contribution is 2.16. The molecular formula is C14H20O4. The van der Waals surface area contributed by atoms with E-state index >= 15 is 0 Å². The Morgan fingerprint density at radius 3 is 2.67 bits per heavy atom. The maximum absolute atomic E-state index is 11.8. The van der Waals surface area contributed by atoms with E-state index in [2.05, 4.69) is 6.92 Å². The van der Waals surface area contributed by atoms with Gasteiger partial charge in [0.1, 0.15) is 11.3 Å². The van der Waals surface area contributed by atoms with Crippen LogP contribution in [0.4, 0.5) is 0 Å². The first kappa shape index (κ1) is 14.5. The van der Waals surface area contributed by atoms with Crippen molar-refractivity contribution in [2.75, 3.05) is 6.61 Å². The largest absolute Gasteiger partial charge is 0.462 e. The van der Waals surface area contributed by atoms with E-state index in [0.29, 0.717) is 24.4 Å². The molecule has 0 unspecified atom stereocenters. The predicted molar refractivity (Wildman–Crippen MR) is 68.9 cm³/mol. The number of unbranched alkanes of at least 4 members (excludes halogenated alkanes) is 2. The average molecular weight is 252 g/mol. The van der Waals surface area contributed by atoms with Crippen molar-refractivity contribution >= 4 is 5.97 Å². The van der Waals surface area contributed by atoms with E-state index < -0.39 is 11.6 Å². The van der Waals surface area contributed by atoms with Gasteiger partial charge in [-0.25, -0.2) is 9.59 Å². The maximum atomic E-state index is 11.8. The van der Waals surface area contributed by atoms with Crippen LogP contribution in [0.3, 0.4) is 0 Å². The van der Waals surface area contributed by atoms with Crippen LogP contribution in [0.25, 0.3) is 0 Å². The minimum atomic E-state index is -0.412. The second-order valence-corrected chi connectivity index (χ2v) is 4.20. The number of hydrogen-bond acceptors (Lipinski definition) is 4. The molecule has 0 aliphatic heterocycles. The summed E-state index contributed by atoms with van der Waals surface area (Å²) in [6.45, 7) is 5.79. The van der Waals surface area contributed by atoms with Crippen LogP contribution < -0.4 is 5.63 Å². The lowest BCUT2D eigenvalue weighted by atomic mass is 10.0. The van der Waals surface area contributed by atoms with Crippen molar-refractivity contribution in [1.82, 2.24) is 0 Å². The van der Waals surface area contributed by atoms with Gasteiger partial charge >= 0.3 is 11.6 Å². The van der Waals surface area contributed by atoms with Crippen LogP contribution in [-0.2, 0) is 11.2 Å². The minimum absolute atomic E-state index is 0.311. The maximum Gasteiger partial charge on any atom is 0.341 e. The van der Waals surface area contributed by atoms with Gasteiger partial charge in [-0.15, -0.1) is 0 Å². The number of aryl methyl sites for hydroxylation is 2. The molecule has 4 heteroatoms. The molecule has 0 aliphatic rings. The molecular weight excluding hydrogens is 232 g/mol. The molecule has 0 radical (unpaired) electrons. The van der Waals surface area contributed by atoms with Gasteiger partial charge in [0, 0.05) is 6.07 Å². The van der Waals surface area contributed by atoms with E-state index in [0.717, 1.165) is 24.8 Å². The highest BCUT2D eigenvalue weighted by molar-refractivity contribution is 5.91. The van der Waals surface area contributed by atoms with E-state index in [1.54, 1.807) is 13.8 Å². The Kier molecular flexibility index (Phi) is 5.62. The first-order chi connectivity index (χ1) is 8.60. The van der Waals surface area contributed by atoms with Crippen LogP contribution in [0, 0.1) is 6.92 Å². The number of hydrogen-bond donors (Lipinski definition) is 0. The second-order valence-electron chi connectivity index (χ2n) is 4.20. The summed E-state index contributed by atoms with van der Waals surface area (Å²) in [5.41, 5.74) is 0.732. The van der Waals surface area contributed by atoms with Crippen LogP contribution in [0.5, 0.6) is 0 Å². The molecule has 0 saturated heterocycles. The minimum Gasteiger partial charge on any atom is -0.462 e. The molecule has 100 valence electrons.